The monoisotopic (exact) mass is 325 g/mol. The number of hydrogen-bond acceptors (Lipinski definition) is 4. The zero-order chi connectivity index (χ0) is 16.4. The van der Waals surface area contributed by atoms with E-state index in [-0.39, 0.29) is 4.90 Å². The van der Waals surface area contributed by atoms with E-state index in [2.05, 4.69) is 0 Å². The van der Waals surface area contributed by atoms with E-state index >= 15 is 0 Å². The van der Waals surface area contributed by atoms with Gasteiger partial charge in [0.25, 0.3) is 0 Å². The van der Waals surface area contributed by atoms with E-state index in [1.807, 2.05) is 18.2 Å². The van der Waals surface area contributed by atoms with Gasteiger partial charge in [0, 0.05) is 5.92 Å². The van der Waals surface area contributed by atoms with Crippen LogP contribution < -0.4 is 0 Å². The molecule has 4 nitrogen and oxygen atoms in total. The Kier molecular flexibility index (Phi) is 4.03. The van der Waals surface area contributed by atoms with Crippen molar-refractivity contribution in [2.75, 3.05) is 0 Å². The van der Waals surface area contributed by atoms with Gasteiger partial charge in [0.1, 0.15) is 0 Å². The van der Waals surface area contributed by atoms with Gasteiger partial charge in [-0.25, -0.2) is 8.42 Å². The van der Waals surface area contributed by atoms with E-state index in [4.69, 9.17) is 0 Å². The minimum atomic E-state index is -3.86. The summed E-state index contributed by atoms with van der Waals surface area (Å²) in [4.78, 5) is 0.0889. The summed E-state index contributed by atoms with van der Waals surface area (Å²) in [6.45, 7) is 0. The van der Waals surface area contributed by atoms with Gasteiger partial charge in [0.05, 0.1) is 17.1 Å². The molecule has 0 fully saturated rings. The van der Waals surface area contributed by atoms with Gasteiger partial charge in [-0.15, -0.1) is 0 Å². The summed E-state index contributed by atoms with van der Waals surface area (Å²) in [5, 5.41) is 18.7. The van der Waals surface area contributed by atoms with Crippen LogP contribution in [0.15, 0.2) is 65.6 Å². The molecule has 1 aliphatic rings. The van der Waals surface area contributed by atoms with Crippen molar-refractivity contribution in [1.82, 2.24) is 0 Å². The Labute approximate surface area is 135 Å². The van der Waals surface area contributed by atoms with Gasteiger partial charge in [-0.05, 0) is 23.3 Å². The van der Waals surface area contributed by atoms with E-state index in [1.54, 1.807) is 42.5 Å². The highest BCUT2D eigenvalue weighted by atomic mass is 32.2. The number of aliphatic hydroxyl groups is 1. The number of benzene rings is 2. The minimum absolute atomic E-state index is 0.0889. The predicted octanol–water partition coefficient (Wildman–Crippen LogP) is 2.73. The van der Waals surface area contributed by atoms with Crippen LogP contribution in [0.5, 0.6) is 0 Å². The third-order valence-corrected chi connectivity index (χ3v) is 6.08. The molecule has 2 aromatic carbocycles. The standard InChI is InChI=1S/C18H15NO3S/c19-12-17(23(21,22)14-7-2-1-3-8-14)16-11-10-13-6-4-5-9-15(13)18(16)20/h1-11,16-18,20H/t16-,17?,18+/m0/s1. The van der Waals surface area contributed by atoms with Crippen LogP contribution in [0, 0.1) is 17.2 Å². The number of nitriles is 1. The average molecular weight is 325 g/mol. The first-order chi connectivity index (χ1) is 11.1. The fraction of sp³-hybridized carbons (Fsp3) is 0.167. The van der Waals surface area contributed by atoms with Gasteiger partial charge in [-0.2, -0.15) is 5.26 Å². The molecular weight excluding hydrogens is 310 g/mol. The Morgan fingerprint density at radius 3 is 2.39 bits per heavy atom. The molecule has 0 saturated heterocycles. The lowest BCUT2D eigenvalue weighted by Gasteiger charge is -2.28. The summed E-state index contributed by atoms with van der Waals surface area (Å²) < 4.78 is 25.5. The molecule has 3 rings (SSSR count). The van der Waals surface area contributed by atoms with Crippen molar-refractivity contribution < 1.29 is 13.5 Å². The molecule has 23 heavy (non-hydrogen) atoms. The van der Waals surface area contributed by atoms with Crippen LogP contribution in [0.25, 0.3) is 6.08 Å². The Morgan fingerprint density at radius 1 is 1.04 bits per heavy atom. The lowest BCUT2D eigenvalue weighted by Crippen LogP contribution is -2.33. The zero-order valence-electron chi connectivity index (χ0n) is 12.2. The van der Waals surface area contributed by atoms with Gasteiger partial charge in [0.15, 0.2) is 15.1 Å². The lowest BCUT2D eigenvalue weighted by atomic mass is 9.85. The van der Waals surface area contributed by atoms with E-state index in [1.165, 1.54) is 12.1 Å². The summed E-state index contributed by atoms with van der Waals surface area (Å²) in [5.74, 6) is -0.805. The number of nitrogens with zero attached hydrogens (tertiary/aromatic N) is 1. The first kappa shape index (κ1) is 15.5. The molecule has 1 N–H and O–H groups in total. The van der Waals surface area contributed by atoms with Gasteiger partial charge >= 0.3 is 0 Å². The molecule has 0 heterocycles. The molecule has 3 atom stereocenters. The van der Waals surface area contributed by atoms with E-state index in [0.29, 0.717) is 5.56 Å². The molecule has 0 amide bonds. The van der Waals surface area contributed by atoms with Crippen molar-refractivity contribution in [2.24, 2.45) is 5.92 Å². The van der Waals surface area contributed by atoms with Crippen molar-refractivity contribution in [3.63, 3.8) is 0 Å². The highest BCUT2D eigenvalue weighted by Gasteiger charge is 2.39. The van der Waals surface area contributed by atoms with Crippen LogP contribution in [-0.4, -0.2) is 18.8 Å². The number of hydrogen-bond donors (Lipinski definition) is 1. The fourth-order valence-corrected chi connectivity index (χ4v) is 4.47. The number of rotatable bonds is 3. The van der Waals surface area contributed by atoms with E-state index < -0.39 is 27.1 Å². The molecule has 0 bridgehead atoms. The molecule has 2 aromatic rings. The Hall–Kier alpha value is -2.42. The van der Waals surface area contributed by atoms with Crippen molar-refractivity contribution in [3.8, 4) is 6.07 Å². The predicted molar refractivity (Wildman–Crippen MR) is 87.0 cm³/mol. The summed E-state index contributed by atoms with van der Waals surface area (Å²) in [7, 11) is -3.86. The van der Waals surface area contributed by atoms with Crippen molar-refractivity contribution in [3.05, 3.63) is 71.8 Å². The smallest absolute Gasteiger partial charge is 0.195 e. The number of fused-ring (bicyclic) bond motifs is 1. The molecule has 0 saturated carbocycles. The van der Waals surface area contributed by atoms with Gasteiger partial charge in [-0.1, -0.05) is 54.6 Å². The highest BCUT2D eigenvalue weighted by Crippen LogP contribution is 2.37. The topological polar surface area (TPSA) is 78.2 Å². The molecular formula is C18H15NO3S. The zero-order valence-corrected chi connectivity index (χ0v) is 13.0. The normalized spacial score (nSPS) is 21.2. The second-order valence-corrected chi connectivity index (χ2v) is 7.49. The highest BCUT2D eigenvalue weighted by molar-refractivity contribution is 7.92. The van der Waals surface area contributed by atoms with Crippen molar-refractivity contribution in [2.45, 2.75) is 16.2 Å². The Bertz CT molecular complexity index is 882. The van der Waals surface area contributed by atoms with Gasteiger partial charge < -0.3 is 5.11 Å². The van der Waals surface area contributed by atoms with Crippen LogP contribution in [0.2, 0.25) is 0 Å². The number of aliphatic hydroxyl groups excluding tert-OH is 1. The molecule has 1 unspecified atom stereocenters. The summed E-state index contributed by atoms with van der Waals surface area (Å²) in [6, 6.07) is 17.0. The van der Waals surface area contributed by atoms with Crippen LogP contribution >= 0.6 is 0 Å². The Morgan fingerprint density at radius 2 is 1.70 bits per heavy atom. The summed E-state index contributed by atoms with van der Waals surface area (Å²) in [6.07, 6.45) is 2.35. The quantitative estimate of drug-likeness (QED) is 0.941. The molecule has 116 valence electrons. The van der Waals surface area contributed by atoms with Crippen LogP contribution in [0.1, 0.15) is 17.2 Å². The minimum Gasteiger partial charge on any atom is -0.388 e. The third kappa shape index (κ3) is 2.67. The summed E-state index contributed by atoms with van der Waals surface area (Å²) >= 11 is 0. The molecule has 0 radical (unpaired) electrons. The second-order valence-electron chi connectivity index (χ2n) is 5.42. The maximum atomic E-state index is 12.8. The lowest BCUT2D eigenvalue weighted by molar-refractivity contribution is 0.132. The van der Waals surface area contributed by atoms with E-state index in [0.717, 1.165) is 5.56 Å². The van der Waals surface area contributed by atoms with Crippen LogP contribution in [-0.2, 0) is 9.84 Å². The first-order valence-electron chi connectivity index (χ1n) is 7.19. The fourth-order valence-electron chi connectivity index (χ4n) is 2.84. The molecule has 0 aromatic heterocycles. The SMILES string of the molecule is N#CC([C@@H]1C=Cc2ccccc2[C@H]1O)S(=O)(=O)c1ccccc1. The largest absolute Gasteiger partial charge is 0.388 e. The maximum absolute atomic E-state index is 12.8. The average Bonchev–Trinajstić information content (AvgIpc) is 2.58. The molecule has 5 heteroatoms. The van der Waals surface area contributed by atoms with Gasteiger partial charge in [-0.3, -0.25) is 0 Å². The van der Waals surface area contributed by atoms with Crippen LogP contribution in [0.4, 0.5) is 0 Å². The molecule has 0 spiro atoms. The van der Waals surface area contributed by atoms with Crippen LogP contribution in [0.3, 0.4) is 0 Å². The van der Waals surface area contributed by atoms with Gasteiger partial charge in [0.2, 0.25) is 0 Å². The molecule has 0 aliphatic heterocycles. The first-order valence-corrected chi connectivity index (χ1v) is 8.74. The number of sulfone groups is 1. The third-order valence-electron chi connectivity index (χ3n) is 4.06. The molecule has 1 aliphatic carbocycles. The second kappa shape index (κ2) is 5.99. The Balaban J connectivity index is 2.02. The van der Waals surface area contributed by atoms with E-state index in [9.17, 15) is 18.8 Å². The summed E-state index contributed by atoms with van der Waals surface area (Å²) in [5.41, 5.74) is 1.48. The maximum Gasteiger partial charge on any atom is 0.195 e. The van der Waals surface area contributed by atoms with Crippen molar-refractivity contribution in [1.29, 1.82) is 5.26 Å². The van der Waals surface area contributed by atoms with Crippen molar-refractivity contribution >= 4 is 15.9 Å².